The lowest BCUT2D eigenvalue weighted by Gasteiger charge is -2.08. The molecule has 0 amide bonds. The van der Waals surface area contributed by atoms with Crippen LogP contribution in [0, 0.1) is 0 Å². The van der Waals surface area contributed by atoms with Crippen molar-refractivity contribution in [2.75, 3.05) is 0 Å². The highest BCUT2D eigenvalue weighted by atomic mass is 15.1. The summed E-state index contributed by atoms with van der Waals surface area (Å²) < 4.78 is 18.4. The van der Waals surface area contributed by atoms with Crippen molar-refractivity contribution >= 4 is 0 Å². The average Bonchev–Trinajstić information content (AvgIpc) is 3.29. The van der Waals surface area contributed by atoms with Gasteiger partial charge in [-0.2, -0.15) is 36.5 Å². The van der Waals surface area contributed by atoms with Crippen molar-refractivity contribution in [3.8, 4) is 45.6 Å². The second-order valence-electron chi connectivity index (χ2n) is 14.2. The van der Waals surface area contributed by atoms with Gasteiger partial charge in [0.25, 0.3) is 45.6 Å². The first-order valence-corrected chi connectivity index (χ1v) is 19.7. The molecule has 0 fully saturated rings. The van der Waals surface area contributed by atoms with Crippen molar-refractivity contribution in [2.24, 2.45) is 0 Å². The highest BCUT2D eigenvalue weighted by Crippen LogP contribution is 2.15. The second kappa shape index (κ2) is 18.4. The van der Waals surface area contributed by atoms with E-state index in [0.717, 1.165) is 52.4 Å². The molecule has 12 rings (SSSR count). The largest absolute Gasteiger partial charge is 0.277 e. The van der Waals surface area contributed by atoms with Gasteiger partial charge in [0.2, 0.25) is 52.4 Å². The van der Waals surface area contributed by atoms with E-state index in [0.29, 0.717) is 0 Å². The highest BCUT2D eigenvalue weighted by molar-refractivity contribution is 5.48. The zero-order valence-electron chi connectivity index (χ0n) is 31.7. The minimum Gasteiger partial charge on any atom is -0.187 e. The summed E-state index contributed by atoms with van der Waals surface area (Å²) in [5, 5.41) is 0. The molecular weight excluding hydrogens is 713 g/mol. The fourth-order valence-electron chi connectivity index (χ4n) is 8.09. The molecule has 0 spiro atoms. The summed E-state index contributed by atoms with van der Waals surface area (Å²) in [5.41, 5.74) is 10.4. The van der Waals surface area contributed by atoms with Crippen LogP contribution in [0.1, 0.15) is 14.9 Å². The first-order chi connectivity index (χ1) is 27.8. The summed E-state index contributed by atoms with van der Waals surface area (Å²) in [6.07, 6.45) is 17.2. The summed E-state index contributed by atoms with van der Waals surface area (Å²) in [6, 6.07) is 50.8. The van der Waals surface area contributed by atoms with Crippen LogP contribution in [0.2, 0.25) is 0 Å². The molecule has 0 aliphatic carbocycles. The normalized spacial score (nSPS) is 12.7. The molecular formula is C50H56N8+8. The minimum atomic E-state index is 0. The van der Waals surface area contributed by atoms with Gasteiger partial charge in [0.05, 0.1) is 0 Å². The molecule has 12 heterocycles. The third-order valence-electron chi connectivity index (χ3n) is 10.9. The lowest BCUT2D eigenvalue weighted by molar-refractivity contribution is -0.794. The molecule has 0 atom stereocenters. The Kier molecular flexibility index (Phi) is 12.5. The Morgan fingerprint density at radius 3 is 0.431 bits per heavy atom. The summed E-state index contributed by atoms with van der Waals surface area (Å²) >= 11 is 0. The molecule has 8 heteroatoms. The van der Waals surface area contributed by atoms with Gasteiger partial charge in [-0.25, -0.2) is 0 Å². The smallest absolute Gasteiger partial charge is 0.187 e. The Bertz CT molecular complexity index is 2090. The van der Waals surface area contributed by atoms with E-state index in [1.165, 1.54) is 45.6 Å². The predicted octanol–water partition coefficient (Wildman–Crippen LogP) is 5.04. The molecule has 58 heavy (non-hydrogen) atoms. The number of nitrogens with zero attached hydrogens (tertiary/aromatic N) is 8. The maximum Gasteiger partial charge on any atom is 0.277 e. The maximum atomic E-state index is 2.30. The molecule has 8 aromatic heterocycles. The first-order valence-electron chi connectivity index (χ1n) is 19.7. The molecule has 4 aliphatic heterocycles. The van der Waals surface area contributed by atoms with Crippen molar-refractivity contribution in [1.82, 2.24) is 0 Å². The van der Waals surface area contributed by atoms with Gasteiger partial charge in [-0.15, -0.1) is 0 Å². The van der Waals surface area contributed by atoms with Crippen LogP contribution in [0.4, 0.5) is 0 Å². The summed E-state index contributed by atoms with van der Waals surface area (Å²) in [6.45, 7) is 8.54. The standard InChI is InChI=1S/4C12H12N2.2CH4/c4*1-3-7-13-9-10-14-8-4-2-6-12(14)11(13)5-1;;/h4*1-8H,9-10H2;2*1H4/q4*+2;;. The zero-order chi connectivity index (χ0) is 37.5. The lowest BCUT2D eigenvalue weighted by Crippen LogP contribution is -2.52. The van der Waals surface area contributed by atoms with Crippen molar-refractivity contribution in [3.63, 3.8) is 0 Å². The van der Waals surface area contributed by atoms with Gasteiger partial charge < -0.3 is 0 Å². The molecule has 288 valence electrons. The first kappa shape index (κ1) is 39.4. The monoisotopic (exact) mass is 768 g/mol. The van der Waals surface area contributed by atoms with Crippen LogP contribution in [0.25, 0.3) is 45.6 Å². The molecule has 0 aromatic carbocycles. The van der Waals surface area contributed by atoms with Gasteiger partial charge in [-0.05, 0) is 48.5 Å². The van der Waals surface area contributed by atoms with Crippen LogP contribution in [0.5, 0.6) is 0 Å². The molecule has 0 saturated carbocycles. The predicted molar refractivity (Wildman–Crippen MR) is 223 cm³/mol. The Hall–Kier alpha value is -6.80. The topological polar surface area (TPSA) is 31.0 Å². The van der Waals surface area contributed by atoms with Crippen LogP contribution in [-0.4, -0.2) is 0 Å². The van der Waals surface area contributed by atoms with E-state index in [9.17, 15) is 0 Å². The fourth-order valence-corrected chi connectivity index (χ4v) is 8.09. The number of hydrogen-bond acceptors (Lipinski definition) is 0. The third kappa shape index (κ3) is 8.32. The molecule has 4 aliphatic rings. The lowest BCUT2D eigenvalue weighted by atomic mass is 10.2. The number of rotatable bonds is 0. The Balaban J connectivity index is 0.000000116. The van der Waals surface area contributed by atoms with Crippen LogP contribution in [0.15, 0.2) is 195 Å². The average molecular weight is 769 g/mol. The molecule has 0 radical (unpaired) electrons. The van der Waals surface area contributed by atoms with Crippen LogP contribution in [0.3, 0.4) is 0 Å². The van der Waals surface area contributed by atoms with Crippen LogP contribution in [-0.2, 0) is 52.4 Å². The van der Waals surface area contributed by atoms with Crippen LogP contribution >= 0.6 is 0 Å². The van der Waals surface area contributed by atoms with E-state index in [1.54, 1.807) is 0 Å². The van der Waals surface area contributed by atoms with Gasteiger partial charge in [0, 0.05) is 97.1 Å². The number of pyridine rings is 8. The highest BCUT2D eigenvalue weighted by Gasteiger charge is 2.30. The van der Waals surface area contributed by atoms with E-state index in [2.05, 4.69) is 232 Å². The molecule has 8 nitrogen and oxygen atoms in total. The van der Waals surface area contributed by atoms with Crippen molar-refractivity contribution in [2.45, 2.75) is 67.2 Å². The van der Waals surface area contributed by atoms with Gasteiger partial charge in [-0.1, -0.05) is 14.9 Å². The third-order valence-corrected chi connectivity index (χ3v) is 10.9. The van der Waals surface area contributed by atoms with Gasteiger partial charge in [0.15, 0.2) is 49.6 Å². The number of hydrogen-bond donors (Lipinski definition) is 0. The van der Waals surface area contributed by atoms with Crippen LogP contribution < -0.4 is 36.5 Å². The minimum absolute atomic E-state index is 0. The van der Waals surface area contributed by atoms with E-state index in [4.69, 9.17) is 0 Å². The van der Waals surface area contributed by atoms with Gasteiger partial charge in [-0.3, -0.25) is 0 Å². The Morgan fingerprint density at radius 1 is 0.190 bits per heavy atom. The maximum absolute atomic E-state index is 2.30. The second-order valence-corrected chi connectivity index (χ2v) is 14.2. The summed E-state index contributed by atoms with van der Waals surface area (Å²) in [7, 11) is 0. The van der Waals surface area contributed by atoms with E-state index < -0.39 is 0 Å². The zero-order valence-corrected chi connectivity index (χ0v) is 31.7. The van der Waals surface area contributed by atoms with Gasteiger partial charge in [0.1, 0.15) is 0 Å². The number of aromatic nitrogens is 8. The quantitative estimate of drug-likeness (QED) is 0.194. The SMILES string of the molecule is C.C.c1cc[n+]2c(c1)-c1cccc[n+]1CC2.c1cc[n+]2c(c1)-c1cccc[n+]1CC2.c1cc[n+]2c(c1)-c1cccc[n+]1CC2.c1cc[n+]2c(c1)-c1cccc[n+]1CC2. The molecule has 0 bridgehead atoms. The Morgan fingerprint density at radius 2 is 0.310 bits per heavy atom. The number of aryl methyl sites for hydroxylation is 8. The Labute approximate surface area is 343 Å². The van der Waals surface area contributed by atoms with Gasteiger partial charge >= 0.3 is 0 Å². The summed E-state index contributed by atoms with van der Waals surface area (Å²) in [5.74, 6) is 0. The molecule has 0 N–H and O–H groups in total. The molecule has 8 aromatic rings. The van der Waals surface area contributed by atoms with Crippen molar-refractivity contribution < 1.29 is 36.5 Å². The fraction of sp³-hybridized carbons (Fsp3) is 0.200. The molecule has 0 saturated heterocycles. The van der Waals surface area contributed by atoms with E-state index in [1.807, 2.05) is 0 Å². The number of fused-ring (bicyclic) bond motifs is 12. The summed E-state index contributed by atoms with van der Waals surface area (Å²) in [4.78, 5) is 0. The van der Waals surface area contributed by atoms with Crippen molar-refractivity contribution in [1.29, 1.82) is 0 Å². The van der Waals surface area contributed by atoms with E-state index in [-0.39, 0.29) is 14.9 Å². The van der Waals surface area contributed by atoms with E-state index >= 15 is 0 Å². The van der Waals surface area contributed by atoms with Crippen molar-refractivity contribution in [3.05, 3.63) is 195 Å². The molecule has 0 unspecified atom stereocenters.